The molecule has 2 N–H and O–H groups in total. The molecule has 0 saturated carbocycles. The molecule has 6 nitrogen and oxygen atoms in total. The van der Waals surface area contributed by atoms with Crippen LogP contribution in [0.2, 0.25) is 0 Å². The van der Waals surface area contributed by atoms with E-state index in [1.807, 2.05) is 23.1 Å². The topological polar surface area (TPSA) is 67.1 Å². The van der Waals surface area contributed by atoms with Gasteiger partial charge in [0.05, 0.1) is 11.6 Å². The van der Waals surface area contributed by atoms with Crippen molar-refractivity contribution in [1.82, 2.24) is 25.4 Å². The van der Waals surface area contributed by atoms with Crippen molar-refractivity contribution in [3.63, 3.8) is 0 Å². The fraction of sp³-hybridized carbons (Fsp3) is 0.533. The largest absolute Gasteiger partial charge is 0.357 e. The highest BCUT2D eigenvalue weighted by Gasteiger charge is 2.01. The highest BCUT2D eigenvalue weighted by molar-refractivity contribution is 7.11. The molecule has 0 spiro atoms. The molecule has 2 aromatic heterocycles. The summed E-state index contributed by atoms with van der Waals surface area (Å²) in [6, 6.07) is 1.93. The Morgan fingerprint density at radius 3 is 2.95 bits per heavy atom. The van der Waals surface area contributed by atoms with Crippen LogP contribution in [0.25, 0.3) is 0 Å². The second-order valence-electron chi connectivity index (χ2n) is 4.78. The number of aliphatic imine (C=N–C) groups is 1. The van der Waals surface area contributed by atoms with Gasteiger partial charge in [-0.1, -0.05) is 6.92 Å². The van der Waals surface area contributed by atoms with Gasteiger partial charge in [0.2, 0.25) is 0 Å². The fourth-order valence-electron chi connectivity index (χ4n) is 1.95. The van der Waals surface area contributed by atoms with Gasteiger partial charge in [-0.25, -0.2) is 4.98 Å². The lowest BCUT2D eigenvalue weighted by Crippen LogP contribution is -2.39. The zero-order valence-electron chi connectivity index (χ0n) is 13.2. The van der Waals surface area contributed by atoms with Crippen LogP contribution in [-0.4, -0.2) is 40.4 Å². The molecule has 2 aromatic rings. The maximum absolute atomic E-state index is 4.59. The van der Waals surface area contributed by atoms with E-state index in [9.17, 15) is 0 Å². The Labute approximate surface area is 135 Å². The molecule has 0 bridgehead atoms. The van der Waals surface area contributed by atoms with Crippen LogP contribution >= 0.6 is 11.3 Å². The molecule has 0 fully saturated rings. The molecule has 120 valence electrons. The number of hydrogen-bond donors (Lipinski definition) is 2. The number of aromatic nitrogens is 3. The van der Waals surface area contributed by atoms with Gasteiger partial charge in [-0.05, 0) is 19.4 Å². The highest BCUT2D eigenvalue weighted by Crippen LogP contribution is 2.13. The lowest BCUT2D eigenvalue weighted by atomic mass is 10.4. The minimum absolute atomic E-state index is 0.744. The summed E-state index contributed by atoms with van der Waals surface area (Å²) in [7, 11) is 0. The normalized spacial score (nSPS) is 11.6. The van der Waals surface area contributed by atoms with Crippen LogP contribution in [0.5, 0.6) is 0 Å². The van der Waals surface area contributed by atoms with Crippen LogP contribution in [0.15, 0.2) is 29.6 Å². The quantitative estimate of drug-likeness (QED) is 0.574. The van der Waals surface area contributed by atoms with E-state index in [0.29, 0.717) is 0 Å². The van der Waals surface area contributed by atoms with Gasteiger partial charge in [-0.3, -0.25) is 9.67 Å². The Hall–Kier alpha value is -1.89. The number of nitrogens with one attached hydrogen (secondary N) is 2. The molecule has 0 aliphatic rings. The van der Waals surface area contributed by atoms with E-state index in [0.717, 1.165) is 50.0 Å². The van der Waals surface area contributed by atoms with E-state index < -0.39 is 0 Å². The van der Waals surface area contributed by atoms with Gasteiger partial charge in [-0.15, -0.1) is 11.3 Å². The summed E-state index contributed by atoms with van der Waals surface area (Å²) in [5.41, 5.74) is 0. The molecular formula is C15H24N6S. The molecule has 0 aliphatic heterocycles. The summed E-state index contributed by atoms with van der Waals surface area (Å²) in [5.74, 6) is 0.849. The lowest BCUT2D eigenvalue weighted by molar-refractivity contribution is 0.598. The third-order valence-corrected chi connectivity index (χ3v) is 4.28. The first-order valence-electron chi connectivity index (χ1n) is 7.75. The second kappa shape index (κ2) is 9.19. The van der Waals surface area contributed by atoms with Gasteiger partial charge in [-0.2, -0.15) is 5.10 Å². The van der Waals surface area contributed by atoms with Crippen molar-refractivity contribution in [3.05, 3.63) is 34.5 Å². The summed E-state index contributed by atoms with van der Waals surface area (Å²) in [6.07, 6.45) is 7.66. The Kier molecular flexibility index (Phi) is 6.89. The first kappa shape index (κ1) is 16.5. The molecule has 2 heterocycles. The molecule has 0 aromatic carbocycles. The molecule has 0 aliphatic carbocycles. The average Bonchev–Trinajstić information content (AvgIpc) is 3.18. The smallest absolute Gasteiger partial charge is 0.191 e. The SMILES string of the molecule is CCNC(=NCCc1ncc(CC)s1)NCCn1cccn1. The van der Waals surface area contributed by atoms with Crippen molar-refractivity contribution in [2.24, 2.45) is 4.99 Å². The first-order chi connectivity index (χ1) is 10.8. The van der Waals surface area contributed by atoms with Crippen LogP contribution in [0.4, 0.5) is 0 Å². The average molecular weight is 320 g/mol. The van der Waals surface area contributed by atoms with Crippen molar-refractivity contribution >= 4 is 17.3 Å². The summed E-state index contributed by atoms with van der Waals surface area (Å²) in [5, 5.41) is 11.9. The van der Waals surface area contributed by atoms with Crippen LogP contribution < -0.4 is 10.6 Å². The number of rotatable bonds is 8. The van der Waals surface area contributed by atoms with Gasteiger partial charge in [0, 0.05) is 49.5 Å². The Balaban J connectivity index is 1.76. The number of guanidine groups is 1. The highest BCUT2D eigenvalue weighted by atomic mass is 32.1. The summed E-state index contributed by atoms with van der Waals surface area (Å²) < 4.78 is 1.90. The third kappa shape index (κ3) is 5.48. The molecule has 2 rings (SSSR count). The van der Waals surface area contributed by atoms with Crippen LogP contribution in [0.1, 0.15) is 23.7 Å². The molecule has 7 heteroatoms. The summed E-state index contributed by atoms with van der Waals surface area (Å²) >= 11 is 1.78. The minimum Gasteiger partial charge on any atom is -0.357 e. The lowest BCUT2D eigenvalue weighted by Gasteiger charge is -2.11. The number of hydrogen-bond acceptors (Lipinski definition) is 4. The maximum atomic E-state index is 4.59. The van der Waals surface area contributed by atoms with Gasteiger partial charge < -0.3 is 10.6 Å². The monoisotopic (exact) mass is 320 g/mol. The zero-order valence-corrected chi connectivity index (χ0v) is 14.1. The van der Waals surface area contributed by atoms with Gasteiger partial charge in [0.15, 0.2) is 5.96 Å². The third-order valence-electron chi connectivity index (χ3n) is 3.08. The summed E-state index contributed by atoms with van der Waals surface area (Å²) in [6.45, 7) is 7.44. The van der Waals surface area contributed by atoms with E-state index >= 15 is 0 Å². The van der Waals surface area contributed by atoms with E-state index in [4.69, 9.17) is 0 Å². The van der Waals surface area contributed by atoms with Crippen LogP contribution in [0, 0.1) is 0 Å². The van der Waals surface area contributed by atoms with Crippen molar-refractivity contribution in [1.29, 1.82) is 0 Å². The molecule has 0 amide bonds. The van der Waals surface area contributed by atoms with Gasteiger partial charge in [0.25, 0.3) is 0 Å². The van der Waals surface area contributed by atoms with Crippen molar-refractivity contribution in [2.75, 3.05) is 19.6 Å². The number of thiazole rings is 1. The fourth-order valence-corrected chi connectivity index (χ4v) is 2.80. The standard InChI is InChI=1S/C15H24N6S/c1-3-13-12-19-14(22-13)6-8-17-15(16-4-2)18-9-11-21-10-5-7-20-21/h5,7,10,12H,3-4,6,8-9,11H2,1-2H3,(H2,16,17,18). The molecule has 0 atom stereocenters. The number of nitrogens with zero attached hydrogens (tertiary/aromatic N) is 4. The Morgan fingerprint density at radius 2 is 2.27 bits per heavy atom. The zero-order chi connectivity index (χ0) is 15.6. The van der Waals surface area contributed by atoms with Crippen molar-refractivity contribution in [2.45, 2.75) is 33.2 Å². The predicted molar refractivity (Wildman–Crippen MR) is 91.4 cm³/mol. The van der Waals surface area contributed by atoms with E-state index in [1.165, 1.54) is 4.88 Å². The first-order valence-corrected chi connectivity index (χ1v) is 8.56. The van der Waals surface area contributed by atoms with E-state index in [-0.39, 0.29) is 0 Å². The van der Waals surface area contributed by atoms with Crippen molar-refractivity contribution < 1.29 is 0 Å². The molecule has 0 radical (unpaired) electrons. The number of aryl methyl sites for hydroxylation is 1. The van der Waals surface area contributed by atoms with Crippen LogP contribution in [0.3, 0.4) is 0 Å². The van der Waals surface area contributed by atoms with Gasteiger partial charge in [0.1, 0.15) is 0 Å². The van der Waals surface area contributed by atoms with Crippen molar-refractivity contribution in [3.8, 4) is 0 Å². The van der Waals surface area contributed by atoms with Crippen LogP contribution in [-0.2, 0) is 19.4 Å². The minimum atomic E-state index is 0.744. The molecule has 22 heavy (non-hydrogen) atoms. The second-order valence-corrected chi connectivity index (χ2v) is 5.98. The van der Waals surface area contributed by atoms with E-state index in [2.05, 4.69) is 39.6 Å². The molecular weight excluding hydrogens is 296 g/mol. The molecule has 0 saturated heterocycles. The Morgan fingerprint density at radius 1 is 1.36 bits per heavy atom. The van der Waals surface area contributed by atoms with Gasteiger partial charge >= 0.3 is 0 Å². The van der Waals surface area contributed by atoms with E-state index in [1.54, 1.807) is 17.5 Å². The summed E-state index contributed by atoms with van der Waals surface area (Å²) in [4.78, 5) is 10.4. The molecule has 0 unspecified atom stereocenters. The Bertz CT molecular complexity index is 560. The maximum Gasteiger partial charge on any atom is 0.191 e. The predicted octanol–water partition coefficient (Wildman–Crippen LogP) is 1.70.